The lowest BCUT2D eigenvalue weighted by molar-refractivity contribution is 0.0718. The highest BCUT2D eigenvalue weighted by molar-refractivity contribution is 5.92. The number of nitrogens with zero attached hydrogens (tertiary/aromatic N) is 6. The van der Waals surface area contributed by atoms with E-state index in [1.807, 2.05) is 43.0 Å². The zero-order chi connectivity index (χ0) is 22.4. The average molecular weight is 434 g/mol. The molecule has 162 valence electrons. The standard InChI is InChI=1S/C23H20F2N6O/c1-14-18(10-26-29(14)2)19-13-30(12-15-5-3-4-6-17(15)19)23(32)21-11-27-31(28-21)22-8-7-16(24)9-20(22)25/h3-11,19H,12-13H2,1-2H3. The van der Waals surface area contributed by atoms with Crippen LogP contribution in [-0.2, 0) is 13.6 Å². The quantitative estimate of drug-likeness (QED) is 0.496. The second kappa shape index (κ2) is 7.67. The highest BCUT2D eigenvalue weighted by Gasteiger charge is 2.32. The maximum absolute atomic E-state index is 14.1. The van der Waals surface area contributed by atoms with Crippen LogP contribution in [0.4, 0.5) is 8.78 Å². The van der Waals surface area contributed by atoms with E-state index in [0.29, 0.717) is 13.1 Å². The molecule has 0 saturated carbocycles. The number of fused-ring (bicyclic) bond motifs is 1. The van der Waals surface area contributed by atoms with Crippen molar-refractivity contribution in [3.63, 3.8) is 0 Å². The fourth-order valence-corrected chi connectivity index (χ4v) is 4.17. The van der Waals surface area contributed by atoms with Crippen LogP contribution < -0.4 is 0 Å². The van der Waals surface area contributed by atoms with Gasteiger partial charge in [0.25, 0.3) is 5.91 Å². The van der Waals surface area contributed by atoms with E-state index in [0.717, 1.165) is 33.8 Å². The second-order valence-corrected chi connectivity index (χ2v) is 7.86. The Balaban J connectivity index is 1.47. The molecule has 0 spiro atoms. The van der Waals surface area contributed by atoms with Gasteiger partial charge in [-0.3, -0.25) is 9.48 Å². The number of aryl methyl sites for hydroxylation is 1. The Labute approximate surface area is 182 Å². The third-order valence-electron chi connectivity index (χ3n) is 5.97. The maximum atomic E-state index is 14.1. The molecule has 0 radical (unpaired) electrons. The number of aromatic nitrogens is 5. The molecule has 5 rings (SSSR count). The van der Waals surface area contributed by atoms with E-state index in [1.54, 1.807) is 4.90 Å². The fourth-order valence-electron chi connectivity index (χ4n) is 4.17. The molecule has 0 saturated heterocycles. The van der Waals surface area contributed by atoms with Gasteiger partial charge in [-0.25, -0.2) is 8.78 Å². The highest BCUT2D eigenvalue weighted by Crippen LogP contribution is 2.35. The third-order valence-corrected chi connectivity index (χ3v) is 5.97. The molecule has 1 aliphatic rings. The molecule has 1 aliphatic heterocycles. The molecule has 0 fully saturated rings. The number of halogens is 2. The molecule has 0 N–H and O–H groups in total. The molecule has 4 aromatic rings. The molecule has 32 heavy (non-hydrogen) atoms. The van der Waals surface area contributed by atoms with Gasteiger partial charge in [-0.1, -0.05) is 24.3 Å². The van der Waals surface area contributed by atoms with Gasteiger partial charge in [0.2, 0.25) is 0 Å². The van der Waals surface area contributed by atoms with Gasteiger partial charge in [-0.2, -0.15) is 10.2 Å². The Morgan fingerprint density at radius 2 is 1.88 bits per heavy atom. The first-order chi connectivity index (χ1) is 15.4. The first-order valence-corrected chi connectivity index (χ1v) is 10.2. The number of carbonyl (C=O) groups is 1. The predicted molar refractivity (Wildman–Crippen MR) is 112 cm³/mol. The topological polar surface area (TPSA) is 68.8 Å². The first kappa shape index (κ1) is 20.0. The van der Waals surface area contributed by atoms with Gasteiger partial charge in [0.05, 0.1) is 12.4 Å². The summed E-state index contributed by atoms with van der Waals surface area (Å²) in [5.74, 6) is -1.83. The first-order valence-electron chi connectivity index (χ1n) is 10.2. The van der Waals surface area contributed by atoms with E-state index in [4.69, 9.17) is 0 Å². The lowest BCUT2D eigenvalue weighted by Gasteiger charge is -2.34. The Morgan fingerprint density at radius 1 is 1.06 bits per heavy atom. The predicted octanol–water partition coefficient (Wildman–Crippen LogP) is 3.38. The minimum Gasteiger partial charge on any atom is -0.332 e. The van der Waals surface area contributed by atoms with Crippen molar-refractivity contribution in [2.24, 2.45) is 7.05 Å². The summed E-state index contributed by atoms with van der Waals surface area (Å²) >= 11 is 0. The molecular weight excluding hydrogens is 414 g/mol. The van der Waals surface area contributed by atoms with E-state index >= 15 is 0 Å². The Hall–Kier alpha value is -3.88. The summed E-state index contributed by atoms with van der Waals surface area (Å²) in [5, 5.41) is 12.5. The summed E-state index contributed by atoms with van der Waals surface area (Å²) in [4.78, 5) is 16.0. The van der Waals surface area contributed by atoms with Crippen molar-refractivity contribution in [2.45, 2.75) is 19.4 Å². The van der Waals surface area contributed by atoms with Crippen LogP contribution in [0, 0.1) is 18.6 Å². The monoisotopic (exact) mass is 434 g/mol. The molecule has 9 heteroatoms. The van der Waals surface area contributed by atoms with Crippen molar-refractivity contribution >= 4 is 5.91 Å². The largest absolute Gasteiger partial charge is 0.332 e. The number of benzene rings is 2. The van der Waals surface area contributed by atoms with E-state index in [1.165, 1.54) is 17.8 Å². The third kappa shape index (κ3) is 3.35. The van der Waals surface area contributed by atoms with Gasteiger partial charge in [0.1, 0.15) is 11.5 Å². The zero-order valence-electron chi connectivity index (χ0n) is 17.5. The smallest absolute Gasteiger partial charge is 0.276 e. The van der Waals surface area contributed by atoms with Crippen molar-refractivity contribution < 1.29 is 13.6 Å². The van der Waals surface area contributed by atoms with Crippen LogP contribution in [0.5, 0.6) is 0 Å². The van der Waals surface area contributed by atoms with Gasteiger partial charge < -0.3 is 4.90 Å². The van der Waals surface area contributed by atoms with Crippen LogP contribution in [0.1, 0.15) is 38.8 Å². The maximum Gasteiger partial charge on any atom is 0.276 e. The lowest BCUT2D eigenvalue weighted by Crippen LogP contribution is -2.39. The van der Waals surface area contributed by atoms with Crippen LogP contribution in [0.25, 0.3) is 5.69 Å². The summed E-state index contributed by atoms with van der Waals surface area (Å²) in [6, 6.07) is 11.1. The molecule has 0 aliphatic carbocycles. The molecule has 1 unspecified atom stereocenters. The molecule has 1 atom stereocenters. The minimum absolute atomic E-state index is 0.0258. The molecular formula is C23H20F2N6O. The van der Waals surface area contributed by atoms with Crippen LogP contribution in [0.3, 0.4) is 0 Å². The molecule has 0 bridgehead atoms. The molecule has 3 heterocycles. The van der Waals surface area contributed by atoms with Gasteiger partial charge in [0.15, 0.2) is 11.5 Å². The number of amides is 1. The number of carbonyl (C=O) groups excluding carboxylic acids is 1. The van der Waals surface area contributed by atoms with Crippen molar-refractivity contribution in [1.29, 1.82) is 0 Å². The normalized spacial score (nSPS) is 15.6. The Morgan fingerprint density at radius 3 is 2.62 bits per heavy atom. The van der Waals surface area contributed by atoms with Crippen LogP contribution in [0.2, 0.25) is 0 Å². The van der Waals surface area contributed by atoms with Gasteiger partial charge in [-0.05, 0) is 30.2 Å². The van der Waals surface area contributed by atoms with Gasteiger partial charge in [0, 0.05) is 43.4 Å². The molecule has 7 nitrogen and oxygen atoms in total. The average Bonchev–Trinajstić information content (AvgIpc) is 3.40. The second-order valence-electron chi connectivity index (χ2n) is 7.86. The SMILES string of the molecule is Cc1c(C2CN(C(=O)c3cnn(-c4ccc(F)cc4F)n3)Cc3ccccc32)cnn1C. The summed E-state index contributed by atoms with van der Waals surface area (Å²) in [5.41, 5.74) is 4.39. The van der Waals surface area contributed by atoms with E-state index in [-0.39, 0.29) is 23.2 Å². The highest BCUT2D eigenvalue weighted by atomic mass is 19.1. The van der Waals surface area contributed by atoms with Crippen molar-refractivity contribution in [2.75, 3.05) is 6.54 Å². The van der Waals surface area contributed by atoms with E-state index in [9.17, 15) is 13.6 Å². The van der Waals surface area contributed by atoms with Gasteiger partial charge >= 0.3 is 0 Å². The number of rotatable bonds is 3. The molecule has 1 amide bonds. The number of hydrogen-bond acceptors (Lipinski definition) is 4. The minimum atomic E-state index is -0.807. The van der Waals surface area contributed by atoms with E-state index < -0.39 is 11.6 Å². The number of hydrogen-bond donors (Lipinski definition) is 0. The van der Waals surface area contributed by atoms with Crippen molar-refractivity contribution in [1.82, 2.24) is 29.7 Å². The summed E-state index contributed by atoms with van der Waals surface area (Å²) in [6.07, 6.45) is 3.15. The Kier molecular flexibility index (Phi) is 4.80. The lowest BCUT2D eigenvalue weighted by atomic mass is 9.85. The van der Waals surface area contributed by atoms with E-state index in [2.05, 4.69) is 21.4 Å². The molecule has 2 aromatic heterocycles. The summed E-state index contributed by atoms with van der Waals surface area (Å²) < 4.78 is 29.1. The summed E-state index contributed by atoms with van der Waals surface area (Å²) in [6.45, 7) is 2.90. The van der Waals surface area contributed by atoms with Crippen LogP contribution >= 0.6 is 0 Å². The van der Waals surface area contributed by atoms with Crippen molar-refractivity contribution in [3.05, 3.63) is 94.6 Å². The van der Waals surface area contributed by atoms with Crippen LogP contribution in [0.15, 0.2) is 54.9 Å². The fraction of sp³-hybridized carbons (Fsp3) is 0.217. The van der Waals surface area contributed by atoms with Gasteiger partial charge in [-0.15, -0.1) is 9.90 Å². The Bertz CT molecular complexity index is 1330. The molecule has 2 aromatic carbocycles. The zero-order valence-corrected chi connectivity index (χ0v) is 17.5. The summed E-state index contributed by atoms with van der Waals surface area (Å²) in [7, 11) is 1.89. The van der Waals surface area contributed by atoms with Crippen LogP contribution in [-0.4, -0.2) is 42.1 Å². The van der Waals surface area contributed by atoms with Crippen molar-refractivity contribution in [3.8, 4) is 5.69 Å².